The van der Waals surface area contributed by atoms with Gasteiger partial charge in [-0.2, -0.15) is 0 Å². The minimum atomic E-state index is -0.462. The van der Waals surface area contributed by atoms with Crippen LogP contribution >= 0.6 is 15.9 Å². The molecule has 2 aromatic carbocycles. The summed E-state index contributed by atoms with van der Waals surface area (Å²) in [5, 5.41) is 19.4. The molecule has 1 aromatic heterocycles. The summed E-state index contributed by atoms with van der Waals surface area (Å²) in [7, 11) is 0. The number of benzene rings is 2. The molecule has 0 saturated heterocycles. The van der Waals surface area contributed by atoms with Crippen LogP contribution in [0.15, 0.2) is 48.7 Å². The number of ether oxygens (including phenoxy) is 2. The van der Waals surface area contributed by atoms with Crippen LogP contribution in [-0.2, 0) is 6.61 Å². The summed E-state index contributed by atoms with van der Waals surface area (Å²) in [5.74, 6) is 0.974. The van der Waals surface area contributed by atoms with E-state index in [1.165, 1.54) is 16.8 Å². The van der Waals surface area contributed by atoms with Crippen molar-refractivity contribution < 1.29 is 19.2 Å². The van der Waals surface area contributed by atoms with Crippen molar-refractivity contribution in [3.05, 3.63) is 70.0 Å². The molecule has 0 amide bonds. The van der Waals surface area contributed by atoms with E-state index in [9.17, 15) is 14.9 Å². The van der Waals surface area contributed by atoms with E-state index in [4.69, 9.17) is 9.47 Å². The Labute approximate surface area is 168 Å². The van der Waals surface area contributed by atoms with Crippen LogP contribution < -0.4 is 9.47 Å². The maximum atomic E-state index is 11.1. The Bertz CT molecular complexity index is 974. The van der Waals surface area contributed by atoms with Gasteiger partial charge in [0.25, 0.3) is 5.69 Å². The van der Waals surface area contributed by atoms with Crippen LogP contribution in [0.5, 0.6) is 11.5 Å². The molecular weight excluding hydrogens is 432 g/mol. The summed E-state index contributed by atoms with van der Waals surface area (Å²) >= 11 is 3.27. The van der Waals surface area contributed by atoms with E-state index in [1.54, 1.807) is 36.5 Å². The van der Waals surface area contributed by atoms with E-state index in [0.29, 0.717) is 40.4 Å². The topological polar surface area (TPSA) is 109 Å². The van der Waals surface area contributed by atoms with E-state index >= 15 is 0 Å². The van der Waals surface area contributed by atoms with Crippen LogP contribution in [0.4, 0.5) is 5.69 Å². The number of halogens is 1. The monoisotopic (exact) mass is 446 g/mol. The van der Waals surface area contributed by atoms with Gasteiger partial charge in [-0.3, -0.25) is 14.9 Å². The molecule has 9 nitrogen and oxygen atoms in total. The number of non-ortho nitro benzene ring substituents is 1. The van der Waals surface area contributed by atoms with Crippen molar-refractivity contribution in [3.63, 3.8) is 0 Å². The first-order valence-corrected chi connectivity index (χ1v) is 9.29. The third-order valence-corrected chi connectivity index (χ3v) is 4.02. The van der Waals surface area contributed by atoms with E-state index in [0.717, 1.165) is 6.29 Å². The third kappa shape index (κ3) is 4.71. The van der Waals surface area contributed by atoms with Gasteiger partial charge in [0.05, 0.1) is 29.0 Å². The summed E-state index contributed by atoms with van der Waals surface area (Å²) in [6.07, 6.45) is 2.40. The predicted molar refractivity (Wildman–Crippen MR) is 103 cm³/mol. The van der Waals surface area contributed by atoms with Crippen LogP contribution in [-0.4, -0.2) is 38.1 Å². The molecule has 0 N–H and O–H groups in total. The van der Waals surface area contributed by atoms with Gasteiger partial charge in [0.2, 0.25) is 0 Å². The van der Waals surface area contributed by atoms with Crippen molar-refractivity contribution in [1.29, 1.82) is 0 Å². The number of alkyl halides is 1. The molecule has 0 aliphatic rings. The lowest BCUT2D eigenvalue weighted by atomic mass is 10.2. The van der Waals surface area contributed by atoms with E-state index < -0.39 is 4.92 Å². The fraction of sp³-hybridized carbons (Fsp3) is 0.167. The number of rotatable bonds is 9. The smallest absolute Gasteiger partial charge is 0.269 e. The molecule has 3 aromatic rings. The number of carbonyl (C=O) groups is 1. The molecule has 1 heterocycles. The quantitative estimate of drug-likeness (QED) is 0.214. The molecule has 0 radical (unpaired) electrons. The Morgan fingerprint density at radius 2 is 1.96 bits per heavy atom. The van der Waals surface area contributed by atoms with E-state index in [-0.39, 0.29) is 12.3 Å². The second kappa shape index (κ2) is 9.09. The van der Waals surface area contributed by atoms with Crippen molar-refractivity contribution >= 4 is 27.9 Å². The zero-order chi connectivity index (χ0) is 19.9. The van der Waals surface area contributed by atoms with E-state index in [1.807, 2.05) is 0 Å². The van der Waals surface area contributed by atoms with Gasteiger partial charge in [-0.05, 0) is 24.3 Å². The van der Waals surface area contributed by atoms with Crippen molar-refractivity contribution in [3.8, 4) is 17.2 Å². The number of nitrogens with zero attached hydrogens (tertiary/aromatic N) is 4. The first-order chi connectivity index (χ1) is 13.6. The van der Waals surface area contributed by atoms with Crippen molar-refractivity contribution in [1.82, 2.24) is 15.0 Å². The minimum absolute atomic E-state index is 0.00382. The maximum Gasteiger partial charge on any atom is 0.269 e. The Balaban J connectivity index is 1.67. The summed E-state index contributed by atoms with van der Waals surface area (Å²) in [4.78, 5) is 21.3. The standard InChI is InChI=1S/C18H15BrN4O5/c19-7-8-27-18-9-17(6-1-13(18)11-24)28-12-14-10-22(21-20-14)15-2-4-16(5-3-15)23(25)26/h1-6,9-11H,7-8,12H2. The molecule has 0 fully saturated rings. The first kappa shape index (κ1) is 19.5. The number of aldehydes is 1. The molecule has 0 atom stereocenters. The van der Waals surface area contributed by atoms with Gasteiger partial charge < -0.3 is 9.47 Å². The SMILES string of the molecule is O=Cc1ccc(OCc2cn(-c3ccc([N+](=O)[O-])cc3)nn2)cc1OCCBr. The van der Waals surface area contributed by atoms with Crippen LogP contribution in [0.2, 0.25) is 0 Å². The molecule has 0 bridgehead atoms. The average molecular weight is 447 g/mol. The van der Waals surface area contributed by atoms with Gasteiger partial charge in [0.15, 0.2) is 6.29 Å². The van der Waals surface area contributed by atoms with Crippen molar-refractivity contribution in [2.75, 3.05) is 11.9 Å². The number of nitro benzene ring substituents is 1. The van der Waals surface area contributed by atoms with Crippen molar-refractivity contribution in [2.45, 2.75) is 6.61 Å². The lowest BCUT2D eigenvalue weighted by molar-refractivity contribution is -0.384. The van der Waals surface area contributed by atoms with Crippen molar-refractivity contribution in [2.24, 2.45) is 0 Å². The summed E-state index contributed by atoms with van der Waals surface area (Å²) < 4.78 is 12.7. The zero-order valence-electron chi connectivity index (χ0n) is 14.5. The first-order valence-electron chi connectivity index (χ1n) is 8.17. The number of hydrogen-bond donors (Lipinski definition) is 0. The highest BCUT2D eigenvalue weighted by molar-refractivity contribution is 9.09. The molecule has 0 aliphatic heterocycles. The fourth-order valence-corrected chi connectivity index (χ4v) is 2.51. The lowest BCUT2D eigenvalue weighted by Gasteiger charge is -2.10. The average Bonchev–Trinajstić information content (AvgIpc) is 3.20. The van der Waals surface area contributed by atoms with Gasteiger partial charge in [-0.1, -0.05) is 21.1 Å². The minimum Gasteiger partial charge on any atom is -0.492 e. The molecule has 10 heteroatoms. The summed E-state index contributed by atoms with van der Waals surface area (Å²) in [5.41, 5.74) is 1.66. The zero-order valence-corrected chi connectivity index (χ0v) is 16.1. The second-order valence-corrected chi connectivity index (χ2v) is 6.36. The number of carbonyl (C=O) groups excluding carboxylic acids is 1. The Hall–Kier alpha value is -3.27. The highest BCUT2D eigenvalue weighted by Gasteiger charge is 2.09. The lowest BCUT2D eigenvalue weighted by Crippen LogP contribution is -2.02. The summed E-state index contributed by atoms with van der Waals surface area (Å²) in [6.45, 7) is 0.582. The Morgan fingerprint density at radius 1 is 1.18 bits per heavy atom. The van der Waals surface area contributed by atoms with Crippen LogP contribution in [0.3, 0.4) is 0 Å². The Kier molecular flexibility index (Phi) is 6.33. The van der Waals surface area contributed by atoms with Crippen LogP contribution in [0.25, 0.3) is 5.69 Å². The summed E-state index contributed by atoms with van der Waals surface area (Å²) in [6, 6.07) is 10.9. The van der Waals surface area contributed by atoms with Gasteiger partial charge >= 0.3 is 0 Å². The second-order valence-electron chi connectivity index (χ2n) is 5.57. The number of nitro groups is 1. The van der Waals surface area contributed by atoms with Crippen LogP contribution in [0, 0.1) is 10.1 Å². The van der Waals surface area contributed by atoms with Gasteiger partial charge in [0, 0.05) is 23.5 Å². The molecule has 28 heavy (non-hydrogen) atoms. The maximum absolute atomic E-state index is 11.1. The number of hydrogen-bond acceptors (Lipinski definition) is 7. The predicted octanol–water partition coefficient (Wildman–Crippen LogP) is 3.34. The van der Waals surface area contributed by atoms with Gasteiger partial charge in [-0.25, -0.2) is 4.68 Å². The molecule has 0 unspecified atom stereocenters. The molecule has 144 valence electrons. The van der Waals surface area contributed by atoms with Gasteiger partial charge in [0.1, 0.15) is 23.8 Å². The van der Waals surface area contributed by atoms with Crippen LogP contribution in [0.1, 0.15) is 16.1 Å². The molecule has 0 saturated carbocycles. The van der Waals surface area contributed by atoms with Gasteiger partial charge in [-0.15, -0.1) is 5.10 Å². The van der Waals surface area contributed by atoms with E-state index in [2.05, 4.69) is 26.2 Å². The Morgan fingerprint density at radius 3 is 2.64 bits per heavy atom. The highest BCUT2D eigenvalue weighted by atomic mass is 79.9. The molecular formula is C18H15BrN4O5. The third-order valence-electron chi connectivity index (χ3n) is 3.70. The normalized spacial score (nSPS) is 10.5. The molecule has 0 spiro atoms. The molecule has 0 aliphatic carbocycles. The highest BCUT2D eigenvalue weighted by Crippen LogP contribution is 2.24. The number of aromatic nitrogens is 3. The molecule has 3 rings (SSSR count). The largest absolute Gasteiger partial charge is 0.492 e. The fourth-order valence-electron chi connectivity index (χ4n) is 2.35.